The molecule has 26 heavy (non-hydrogen) atoms. The fourth-order valence-electron chi connectivity index (χ4n) is 3.06. The summed E-state index contributed by atoms with van der Waals surface area (Å²) >= 11 is 0. The van der Waals surface area contributed by atoms with E-state index < -0.39 is 5.82 Å². The van der Waals surface area contributed by atoms with Crippen molar-refractivity contribution < 1.29 is 14.0 Å². The lowest BCUT2D eigenvalue weighted by molar-refractivity contribution is -0.131. The number of aromatic nitrogens is 4. The lowest BCUT2D eigenvalue weighted by Crippen LogP contribution is -2.39. The molecule has 3 heterocycles. The molecule has 2 aromatic rings. The molecule has 0 bridgehead atoms. The first-order valence-electron chi connectivity index (χ1n) is 8.54. The van der Waals surface area contributed by atoms with E-state index >= 15 is 0 Å². The average Bonchev–Trinajstić information content (AvgIpc) is 3.25. The number of nitrogens with one attached hydrogen (secondary N) is 1. The number of likely N-dealkylation sites (tertiary alicyclic amines) is 1. The van der Waals surface area contributed by atoms with Gasteiger partial charge in [0.25, 0.3) is 0 Å². The molecule has 138 valence electrons. The Kier molecular flexibility index (Phi) is 5.55. The van der Waals surface area contributed by atoms with Gasteiger partial charge in [-0.25, -0.2) is 4.39 Å². The third-order valence-corrected chi connectivity index (χ3v) is 4.32. The number of hydrogen-bond donors (Lipinski definition) is 1. The lowest BCUT2D eigenvalue weighted by Gasteiger charge is -2.24. The molecular weight excluding hydrogens is 339 g/mol. The molecule has 1 atom stereocenters. The number of amides is 2. The number of hydrogen-bond acceptors (Lipinski definition) is 5. The van der Waals surface area contributed by atoms with Gasteiger partial charge >= 0.3 is 0 Å². The molecule has 3 rings (SSSR count). The lowest BCUT2D eigenvalue weighted by atomic mass is 10.2. The molecule has 8 nitrogen and oxygen atoms in total. The first kappa shape index (κ1) is 18.0. The largest absolute Gasteiger partial charge is 0.351 e. The molecule has 1 N–H and O–H groups in total. The van der Waals surface area contributed by atoms with Crippen LogP contribution in [-0.2, 0) is 29.1 Å². The number of nitrogens with zero attached hydrogens (tertiary/aromatic N) is 5. The summed E-state index contributed by atoms with van der Waals surface area (Å²) in [6, 6.07) is 2.88. The summed E-state index contributed by atoms with van der Waals surface area (Å²) in [7, 11) is 0. The SMILES string of the molecule is CC(=O)NCc1cn(CC2CCCN2C(=O)Cc2ccc(F)cn2)nn1. The van der Waals surface area contributed by atoms with Crippen LogP contribution < -0.4 is 5.32 Å². The van der Waals surface area contributed by atoms with Gasteiger partial charge in [0.1, 0.15) is 11.5 Å². The van der Waals surface area contributed by atoms with Gasteiger partial charge in [-0.05, 0) is 25.0 Å². The van der Waals surface area contributed by atoms with E-state index in [0.717, 1.165) is 19.0 Å². The van der Waals surface area contributed by atoms with Crippen LogP contribution in [0.2, 0.25) is 0 Å². The van der Waals surface area contributed by atoms with Crippen LogP contribution in [0.15, 0.2) is 24.5 Å². The van der Waals surface area contributed by atoms with Crippen LogP contribution in [0.3, 0.4) is 0 Å². The van der Waals surface area contributed by atoms with Gasteiger partial charge in [0.2, 0.25) is 11.8 Å². The summed E-state index contributed by atoms with van der Waals surface area (Å²) in [6.45, 7) is 3.02. The first-order valence-corrected chi connectivity index (χ1v) is 8.54. The Morgan fingerprint density at radius 3 is 2.92 bits per heavy atom. The Hall–Kier alpha value is -2.84. The van der Waals surface area contributed by atoms with Crippen LogP contribution in [0.25, 0.3) is 0 Å². The maximum absolute atomic E-state index is 12.9. The van der Waals surface area contributed by atoms with E-state index in [1.54, 1.807) is 10.9 Å². The van der Waals surface area contributed by atoms with Crippen LogP contribution in [-0.4, -0.2) is 49.3 Å². The third kappa shape index (κ3) is 4.62. The molecule has 0 radical (unpaired) electrons. The smallest absolute Gasteiger partial charge is 0.228 e. The van der Waals surface area contributed by atoms with E-state index in [9.17, 15) is 14.0 Å². The highest BCUT2D eigenvalue weighted by molar-refractivity contribution is 5.79. The molecule has 0 aliphatic carbocycles. The van der Waals surface area contributed by atoms with Crippen molar-refractivity contribution in [3.05, 3.63) is 41.7 Å². The fourth-order valence-corrected chi connectivity index (χ4v) is 3.06. The molecule has 1 aliphatic rings. The van der Waals surface area contributed by atoms with Crippen molar-refractivity contribution in [2.24, 2.45) is 0 Å². The average molecular weight is 360 g/mol. The summed E-state index contributed by atoms with van der Waals surface area (Å²) < 4.78 is 14.6. The normalized spacial score (nSPS) is 16.7. The van der Waals surface area contributed by atoms with E-state index in [0.29, 0.717) is 31.0 Å². The Labute approximate surface area is 150 Å². The molecule has 1 aliphatic heterocycles. The Balaban J connectivity index is 1.58. The number of rotatable bonds is 6. The molecule has 1 fully saturated rings. The van der Waals surface area contributed by atoms with Crippen molar-refractivity contribution in [1.29, 1.82) is 0 Å². The minimum Gasteiger partial charge on any atom is -0.351 e. The summed E-state index contributed by atoms with van der Waals surface area (Å²) in [5, 5.41) is 10.8. The molecule has 1 saturated heterocycles. The molecule has 9 heteroatoms. The highest BCUT2D eigenvalue weighted by Crippen LogP contribution is 2.20. The van der Waals surface area contributed by atoms with Gasteiger partial charge in [-0.2, -0.15) is 0 Å². The van der Waals surface area contributed by atoms with Crippen LogP contribution in [0.1, 0.15) is 31.2 Å². The zero-order valence-corrected chi connectivity index (χ0v) is 14.6. The van der Waals surface area contributed by atoms with Gasteiger partial charge in [-0.3, -0.25) is 19.3 Å². The Morgan fingerprint density at radius 2 is 2.19 bits per heavy atom. The Morgan fingerprint density at radius 1 is 1.35 bits per heavy atom. The number of carbonyl (C=O) groups is 2. The quantitative estimate of drug-likeness (QED) is 0.818. The summed E-state index contributed by atoms with van der Waals surface area (Å²) in [4.78, 5) is 29.3. The zero-order valence-electron chi connectivity index (χ0n) is 14.6. The molecule has 0 aromatic carbocycles. The van der Waals surface area contributed by atoms with Crippen molar-refractivity contribution in [1.82, 2.24) is 30.2 Å². The topological polar surface area (TPSA) is 93.0 Å². The van der Waals surface area contributed by atoms with Crippen LogP contribution in [0.4, 0.5) is 4.39 Å². The highest BCUT2D eigenvalue weighted by atomic mass is 19.1. The summed E-state index contributed by atoms with van der Waals surface area (Å²) in [5.41, 5.74) is 1.23. The van der Waals surface area contributed by atoms with Gasteiger partial charge < -0.3 is 10.2 Å². The van der Waals surface area contributed by atoms with Gasteiger partial charge in [0, 0.05) is 19.2 Å². The number of pyridine rings is 1. The van der Waals surface area contributed by atoms with Gasteiger partial charge in [-0.1, -0.05) is 5.21 Å². The fraction of sp³-hybridized carbons (Fsp3) is 0.471. The van der Waals surface area contributed by atoms with Crippen molar-refractivity contribution in [3.8, 4) is 0 Å². The predicted molar refractivity (Wildman–Crippen MR) is 90.2 cm³/mol. The zero-order chi connectivity index (χ0) is 18.5. The third-order valence-electron chi connectivity index (χ3n) is 4.32. The molecule has 1 unspecified atom stereocenters. The van der Waals surface area contributed by atoms with E-state index in [1.165, 1.54) is 19.1 Å². The second-order valence-corrected chi connectivity index (χ2v) is 6.37. The van der Waals surface area contributed by atoms with Crippen LogP contribution in [0.5, 0.6) is 0 Å². The second-order valence-electron chi connectivity index (χ2n) is 6.37. The van der Waals surface area contributed by atoms with Gasteiger partial charge in [-0.15, -0.1) is 5.10 Å². The predicted octanol–water partition coefficient (Wildman–Crippen LogP) is 0.682. The molecule has 2 amide bonds. The van der Waals surface area contributed by atoms with Crippen LogP contribution in [0, 0.1) is 5.82 Å². The highest BCUT2D eigenvalue weighted by Gasteiger charge is 2.29. The van der Waals surface area contributed by atoms with Gasteiger partial charge in [0.05, 0.1) is 37.9 Å². The molecule has 2 aromatic heterocycles. The molecule has 0 saturated carbocycles. The minimum absolute atomic E-state index is 0.0230. The van der Waals surface area contributed by atoms with E-state index in [-0.39, 0.29) is 24.3 Å². The van der Waals surface area contributed by atoms with Crippen LogP contribution >= 0.6 is 0 Å². The van der Waals surface area contributed by atoms with Gasteiger partial charge in [0.15, 0.2) is 0 Å². The van der Waals surface area contributed by atoms with E-state index in [4.69, 9.17) is 0 Å². The van der Waals surface area contributed by atoms with E-state index in [1.807, 2.05) is 4.90 Å². The molecule has 0 spiro atoms. The summed E-state index contributed by atoms with van der Waals surface area (Å²) in [6.07, 6.45) is 4.88. The maximum atomic E-state index is 12.9. The monoisotopic (exact) mass is 360 g/mol. The number of carbonyl (C=O) groups excluding carboxylic acids is 2. The Bertz CT molecular complexity index is 776. The minimum atomic E-state index is -0.415. The number of halogens is 1. The van der Waals surface area contributed by atoms with E-state index in [2.05, 4.69) is 20.6 Å². The summed E-state index contributed by atoms with van der Waals surface area (Å²) in [5.74, 6) is -0.562. The standard InChI is InChI=1S/C17H21FN6O2/c1-12(25)19-9-15-10-23(22-21-15)11-16-3-2-6-24(16)17(26)7-14-5-4-13(18)8-20-14/h4-5,8,10,16H,2-3,6-7,9,11H2,1H3,(H,19,25). The maximum Gasteiger partial charge on any atom is 0.228 e. The van der Waals surface area contributed by atoms with Crippen molar-refractivity contribution >= 4 is 11.8 Å². The second kappa shape index (κ2) is 8.03. The molecular formula is C17H21FN6O2. The first-order chi connectivity index (χ1) is 12.5. The van der Waals surface area contributed by atoms with Crippen molar-refractivity contribution in [2.45, 2.75) is 45.3 Å². The van der Waals surface area contributed by atoms with Crippen molar-refractivity contribution in [3.63, 3.8) is 0 Å². The van der Waals surface area contributed by atoms with Crippen molar-refractivity contribution in [2.75, 3.05) is 6.54 Å².